The van der Waals surface area contributed by atoms with E-state index in [0.717, 1.165) is 24.3 Å². The van der Waals surface area contributed by atoms with Crippen molar-refractivity contribution in [3.63, 3.8) is 0 Å². The summed E-state index contributed by atoms with van der Waals surface area (Å²) in [6.07, 6.45) is 0. The number of nitrogens with zero attached hydrogens (tertiary/aromatic N) is 1. The first-order valence-corrected chi connectivity index (χ1v) is 5.37. The van der Waals surface area contributed by atoms with Crippen molar-refractivity contribution in [2.24, 2.45) is 0 Å². The lowest BCUT2D eigenvalue weighted by Gasteiger charge is -2.06. The molecule has 2 rings (SSSR count). The Labute approximate surface area is 111 Å². The smallest absolute Gasteiger partial charge is 0.335 e. The molecule has 0 aliphatic rings. The van der Waals surface area contributed by atoms with Crippen LogP contribution in [0.15, 0.2) is 30.3 Å². The van der Waals surface area contributed by atoms with E-state index in [2.05, 4.69) is 4.98 Å². The van der Waals surface area contributed by atoms with Crippen LogP contribution in [-0.2, 0) is 0 Å². The number of carboxylic acid groups (broad SMARTS) is 1. The van der Waals surface area contributed by atoms with Crippen LogP contribution in [0.1, 0.15) is 10.4 Å². The lowest BCUT2D eigenvalue weighted by molar-refractivity contribution is 0.0696. The number of benzene rings is 1. The van der Waals surface area contributed by atoms with Crippen molar-refractivity contribution in [2.45, 2.75) is 0 Å². The summed E-state index contributed by atoms with van der Waals surface area (Å²) in [4.78, 5) is 14.5. The van der Waals surface area contributed by atoms with Gasteiger partial charge in [0.2, 0.25) is 5.88 Å². The summed E-state index contributed by atoms with van der Waals surface area (Å²) < 4.78 is 30.8. The normalized spacial score (nSPS) is 10.3. The van der Waals surface area contributed by atoms with E-state index in [1.165, 1.54) is 6.07 Å². The molecule has 1 N–H and O–H groups in total. The number of hydrogen-bond acceptors (Lipinski definition) is 3. The first-order chi connectivity index (χ1) is 8.95. The molecule has 98 valence electrons. The van der Waals surface area contributed by atoms with Crippen LogP contribution in [-0.4, -0.2) is 16.1 Å². The molecule has 0 aliphatic carbocycles. The molecule has 7 heteroatoms. The standard InChI is InChI=1S/C12H6ClF2NO3/c13-10-3-6(12(17)18)4-11(16-10)19-7-1-2-8(14)9(15)5-7/h1-5H,(H,17,18). The lowest BCUT2D eigenvalue weighted by atomic mass is 10.3. The number of rotatable bonds is 3. The van der Waals surface area contributed by atoms with E-state index in [9.17, 15) is 13.6 Å². The summed E-state index contributed by atoms with van der Waals surface area (Å²) in [5.41, 5.74) is -0.127. The molecule has 0 amide bonds. The first-order valence-electron chi connectivity index (χ1n) is 4.99. The monoisotopic (exact) mass is 285 g/mol. The van der Waals surface area contributed by atoms with Crippen molar-refractivity contribution < 1.29 is 23.4 Å². The average molecular weight is 286 g/mol. The Morgan fingerprint density at radius 3 is 2.58 bits per heavy atom. The molecule has 4 nitrogen and oxygen atoms in total. The molecule has 0 atom stereocenters. The van der Waals surface area contributed by atoms with E-state index in [0.29, 0.717) is 0 Å². The van der Waals surface area contributed by atoms with Crippen LogP contribution in [0.25, 0.3) is 0 Å². The highest BCUT2D eigenvalue weighted by atomic mass is 35.5. The van der Waals surface area contributed by atoms with Gasteiger partial charge in [0, 0.05) is 12.1 Å². The third-order valence-electron chi connectivity index (χ3n) is 2.13. The molecule has 0 saturated heterocycles. The molecule has 0 bridgehead atoms. The fourth-order valence-corrected chi connectivity index (χ4v) is 1.51. The zero-order valence-electron chi connectivity index (χ0n) is 9.23. The molecule has 0 spiro atoms. The molecule has 1 aromatic heterocycles. The third kappa shape index (κ3) is 3.17. The summed E-state index contributed by atoms with van der Waals surface area (Å²) in [6, 6.07) is 5.14. The predicted molar refractivity (Wildman–Crippen MR) is 62.6 cm³/mol. The maximum absolute atomic E-state index is 13.0. The van der Waals surface area contributed by atoms with Gasteiger partial charge in [-0.3, -0.25) is 0 Å². The Kier molecular flexibility index (Phi) is 3.62. The van der Waals surface area contributed by atoms with Gasteiger partial charge in [0.25, 0.3) is 0 Å². The third-order valence-corrected chi connectivity index (χ3v) is 2.32. The van der Waals surface area contributed by atoms with Gasteiger partial charge in [-0.2, -0.15) is 0 Å². The first kappa shape index (κ1) is 13.2. The molecular weight excluding hydrogens is 280 g/mol. The van der Waals surface area contributed by atoms with Crippen LogP contribution in [0.4, 0.5) is 8.78 Å². The largest absolute Gasteiger partial charge is 0.478 e. The van der Waals surface area contributed by atoms with Crippen LogP contribution in [0, 0.1) is 11.6 Å². The van der Waals surface area contributed by atoms with Crippen molar-refractivity contribution >= 4 is 17.6 Å². The van der Waals surface area contributed by atoms with Gasteiger partial charge in [0.15, 0.2) is 11.6 Å². The molecule has 2 aromatic rings. The van der Waals surface area contributed by atoms with Gasteiger partial charge in [-0.05, 0) is 18.2 Å². The lowest BCUT2D eigenvalue weighted by Crippen LogP contribution is -1.99. The average Bonchev–Trinajstić information content (AvgIpc) is 2.33. The van der Waals surface area contributed by atoms with Gasteiger partial charge >= 0.3 is 5.97 Å². The van der Waals surface area contributed by atoms with E-state index in [1.54, 1.807) is 0 Å². The summed E-state index contributed by atoms with van der Waals surface area (Å²) >= 11 is 5.63. The number of carbonyl (C=O) groups is 1. The molecule has 0 saturated carbocycles. The van der Waals surface area contributed by atoms with E-state index in [1.807, 2.05) is 0 Å². The minimum atomic E-state index is -1.21. The van der Waals surface area contributed by atoms with E-state index < -0.39 is 17.6 Å². The summed E-state index contributed by atoms with van der Waals surface area (Å²) in [5, 5.41) is 8.74. The van der Waals surface area contributed by atoms with Gasteiger partial charge < -0.3 is 9.84 Å². The van der Waals surface area contributed by atoms with Crippen LogP contribution >= 0.6 is 11.6 Å². The molecule has 0 aliphatic heterocycles. The minimum Gasteiger partial charge on any atom is -0.478 e. The van der Waals surface area contributed by atoms with Crippen LogP contribution in [0.5, 0.6) is 11.6 Å². The maximum atomic E-state index is 13.0. The zero-order chi connectivity index (χ0) is 14.0. The van der Waals surface area contributed by atoms with Crippen molar-refractivity contribution in [1.82, 2.24) is 4.98 Å². The molecule has 19 heavy (non-hydrogen) atoms. The van der Waals surface area contributed by atoms with Gasteiger partial charge in [0.05, 0.1) is 5.56 Å². The maximum Gasteiger partial charge on any atom is 0.335 e. The van der Waals surface area contributed by atoms with Crippen molar-refractivity contribution in [3.05, 3.63) is 52.7 Å². The Hall–Kier alpha value is -2.21. The Bertz CT molecular complexity index is 649. The molecule has 1 heterocycles. The number of carboxylic acids is 1. The van der Waals surface area contributed by atoms with Crippen molar-refractivity contribution in [1.29, 1.82) is 0 Å². The van der Waals surface area contributed by atoms with Gasteiger partial charge in [-0.1, -0.05) is 11.6 Å². The summed E-state index contributed by atoms with van der Waals surface area (Å²) in [6.45, 7) is 0. The number of aromatic nitrogens is 1. The second kappa shape index (κ2) is 5.19. The highest BCUT2D eigenvalue weighted by Crippen LogP contribution is 2.24. The topological polar surface area (TPSA) is 59.4 Å². The second-order valence-electron chi connectivity index (χ2n) is 3.50. The molecule has 0 fully saturated rings. The molecule has 0 radical (unpaired) electrons. The Balaban J connectivity index is 2.32. The van der Waals surface area contributed by atoms with Crippen molar-refractivity contribution in [2.75, 3.05) is 0 Å². The van der Waals surface area contributed by atoms with Crippen LogP contribution in [0.2, 0.25) is 5.15 Å². The second-order valence-corrected chi connectivity index (χ2v) is 3.89. The Morgan fingerprint density at radius 1 is 1.21 bits per heavy atom. The highest BCUT2D eigenvalue weighted by molar-refractivity contribution is 6.29. The fraction of sp³-hybridized carbons (Fsp3) is 0. The fourth-order valence-electron chi connectivity index (χ4n) is 1.31. The Morgan fingerprint density at radius 2 is 1.95 bits per heavy atom. The van der Waals surface area contributed by atoms with Gasteiger partial charge in [-0.15, -0.1) is 0 Å². The van der Waals surface area contributed by atoms with E-state index >= 15 is 0 Å². The zero-order valence-corrected chi connectivity index (χ0v) is 9.99. The number of pyridine rings is 1. The minimum absolute atomic E-state index is 0.0231. The number of hydrogen-bond donors (Lipinski definition) is 1. The highest BCUT2D eigenvalue weighted by Gasteiger charge is 2.10. The van der Waals surface area contributed by atoms with Gasteiger partial charge in [0.1, 0.15) is 10.9 Å². The molecular formula is C12H6ClF2NO3. The SMILES string of the molecule is O=C(O)c1cc(Cl)nc(Oc2ccc(F)c(F)c2)c1. The van der Waals surface area contributed by atoms with Gasteiger partial charge in [-0.25, -0.2) is 18.6 Å². The predicted octanol–water partition coefficient (Wildman–Crippen LogP) is 3.50. The van der Waals surface area contributed by atoms with Crippen LogP contribution < -0.4 is 4.74 Å². The molecule has 1 aromatic carbocycles. The summed E-state index contributed by atoms with van der Waals surface area (Å²) in [5.74, 6) is -3.46. The van der Waals surface area contributed by atoms with Crippen molar-refractivity contribution in [3.8, 4) is 11.6 Å². The van der Waals surface area contributed by atoms with E-state index in [-0.39, 0.29) is 22.3 Å². The number of halogens is 3. The quantitative estimate of drug-likeness (QED) is 0.877. The number of aromatic carboxylic acids is 1. The number of ether oxygens (including phenoxy) is 1. The van der Waals surface area contributed by atoms with E-state index in [4.69, 9.17) is 21.4 Å². The van der Waals surface area contributed by atoms with Crippen LogP contribution in [0.3, 0.4) is 0 Å². The summed E-state index contributed by atoms with van der Waals surface area (Å²) in [7, 11) is 0. The molecule has 0 unspecified atom stereocenters.